The molecule has 2 rings (SSSR count). The van der Waals surface area contributed by atoms with Crippen molar-refractivity contribution in [2.24, 2.45) is 5.92 Å². The van der Waals surface area contributed by atoms with Crippen molar-refractivity contribution in [1.29, 1.82) is 0 Å². The summed E-state index contributed by atoms with van der Waals surface area (Å²) in [6.45, 7) is 4.95. The maximum Gasteiger partial charge on any atom is 0.323 e. The lowest BCUT2D eigenvalue weighted by Gasteiger charge is -2.33. The van der Waals surface area contributed by atoms with Crippen molar-refractivity contribution in [2.75, 3.05) is 13.7 Å². The Labute approximate surface area is 96.7 Å². The van der Waals surface area contributed by atoms with E-state index in [0.717, 1.165) is 25.9 Å². The maximum atomic E-state index is 11.7. The molecule has 0 aromatic heterocycles. The van der Waals surface area contributed by atoms with E-state index in [2.05, 4.69) is 19.2 Å². The lowest BCUT2D eigenvalue weighted by Crippen LogP contribution is -2.56. The van der Waals surface area contributed by atoms with Gasteiger partial charge in [0.25, 0.3) is 0 Å². The molecule has 16 heavy (non-hydrogen) atoms. The van der Waals surface area contributed by atoms with E-state index in [1.54, 1.807) is 0 Å². The van der Waals surface area contributed by atoms with Crippen molar-refractivity contribution < 1.29 is 14.3 Å². The van der Waals surface area contributed by atoms with Crippen LogP contribution in [0.1, 0.15) is 33.1 Å². The monoisotopic (exact) mass is 227 g/mol. The maximum absolute atomic E-state index is 11.7. The molecule has 1 N–H and O–H groups in total. The lowest BCUT2D eigenvalue weighted by atomic mass is 9.92. The highest BCUT2D eigenvalue weighted by Crippen LogP contribution is 2.36. The summed E-state index contributed by atoms with van der Waals surface area (Å²) in [5.41, 5.74) is -0.0958. The number of nitrogens with one attached hydrogen (secondary N) is 1. The van der Waals surface area contributed by atoms with Crippen LogP contribution >= 0.6 is 0 Å². The van der Waals surface area contributed by atoms with Gasteiger partial charge in [-0.1, -0.05) is 0 Å². The van der Waals surface area contributed by atoms with Gasteiger partial charge in [0.15, 0.2) is 0 Å². The van der Waals surface area contributed by atoms with Crippen molar-refractivity contribution in [1.82, 2.24) is 5.32 Å². The molecule has 0 bridgehead atoms. The average Bonchev–Trinajstić information content (AvgIpc) is 3.04. The van der Waals surface area contributed by atoms with Crippen LogP contribution in [0.25, 0.3) is 0 Å². The van der Waals surface area contributed by atoms with Crippen molar-refractivity contribution in [3.8, 4) is 0 Å². The second kappa shape index (κ2) is 4.34. The second-order valence-electron chi connectivity index (χ2n) is 5.16. The molecule has 0 aromatic carbocycles. The Bertz CT molecular complexity index is 277. The number of esters is 1. The van der Waals surface area contributed by atoms with E-state index in [-0.39, 0.29) is 23.7 Å². The van der Waals surface area contributed by atoms with E-state index in [1.165, 1.54) is 7.11 Å². The summed E-state index contributed by atoms with van der Waals surface area (Å²) in [4.78, 5) is 11.7. The van der Waals surface area contributed by atoms with Crippen LogP contribution in [0.3, 0.4) is 0 Å². The highest BCUT2D eigenvalue weighted by Gasteiger charge is 2.45. The number of methoxy groups -OCH3 is 1. The first kappa shape index (κ1) is 11.9. The highest BCUT2D eigenvalue weighted by atomic mass is 16.5. The first-order chi connectivity index (χ1) is 7.57. The molecule has 3 atom stereocenters. The minimum atomic E-state index is -0.154. The van der Waals surface area contributed by atoms with Crippen LogP contribution in [0.15, 0.2) is 0 Å². The van der Waals surface area contributed by atoms with Gasteiger partial charge in [-0.15, -0.1) is 0 Å². The minimum absolute atomic E-state index is 0.0958. The molecule has 0 amide bonds. The quantitative estimate of drug-likeness (QED) is 0.730. The van der Waals surface area contributed by atoms with Crippen LogP contribution in [0.2, 0.25) is 0 Å². The summed E-state index contributed by atoms with van der Waals surface area (Å²) in [5.74, 6) is 0.319. The van der Waals surface area contributed by atoms with E-state index in [0.29, 0.717) is 5.92 Å². The molecule has 0 radical (unpaired) electrons. The smallest absolute Gasteiger partial charge is 0.323 e. The Morgan fingerprint density at radius 3 is 2.69 bits per heavy atom. The zero-order chi connectivity index (χ0) is 11.8. The van der Waals surface area contributed by atoms with Gasteiger partial charge in [-0.2, -0.15) is 0 Å². The SMILES string of the molecule is COC(=O)C(NC1(C)CCOC1C)C1CC1. The Balaban J connectivity index is 2.02. The van der Waals surface area contributed by atoms with Gasteiger partial charge in [0.2, 0.25) is 0 Å². The minimum Gasteiger partial charge on any atom is -0.468 e. The van der Waals surface area contributed by atoms with Gasteiger partial charge < -0.3 is 9.47 Å². The molecular formula is C12H21NO3. The summed E-state index contributed by atoms with van der Waals surface area (Å²) in [5, 5.41) is 3.46. The standard InChI is InChI=1S/C12H21NO3/c1-8-12(2,6-7-16-8)13-10(9-4-5-9)11(14)15-3/h8-10,13H,4-7H2,1-3H3. The topological polar surface area (TPSA) is 47.6 Å². The molecule has 2 aliphatic rings. The molecule has 0 spiro atoms. The van der Waals surface area contributed by atoms with Crippen molar-refractivity contribution in [2.45, 2.75) is 50.8 Å². The molecule has 4 nitrogen and oxygen atoms in total. The molecule has 1 saturated heterocycles. The first-order valence-corrected chi connectivity index (χ1v) is 6.04. The molecule has 1 saturated carbocycles. The number of carbonyl (C=O) groups excluding carboxylic acids is 1. The average molecular weight is 227 g/mol. The fraction of sp³-hybridized carbons (Fsp3) is 0.917. The zero-order valence-electron chi connectivity index (χ0n) is 10.3. The van der Waals surface area contributed by atoms with Crippen molar-refractivity contribution >= 4 is 5.97 Å². The van der Waals surface area contributed by atoms with Gasteiger partial charge in [-0.3, -0.25) is 10.1 Å². The fourth-order valence-corrected chi connectivity index (χ4v) is 2.31. The third-order valence-electron chi connectivity index (χ3n) is 3.92. The Morgan fingerprint density at radius 1 is 1.56 bits per heavy atom. The Hall–Kier alpha value is -0.610. The zero-order valence-corrected chi connectivity index (χ0v) is 10.3. The van der Waals surface area contributed by atoms with Crippen LogP contribution in [0.5, 0.6) is 0 Å². The first-order valence-electron chi connectivity index (χ1n) is 6.04. The Morgan fingerprint density at radius 2 is 2.25 bits per heavy atom. The van der Waals surface area contributed by atoms with Crippen molar-refractivity contribution in [3.05, 3.63) is 0 Å². The third-order valence-corrected chi connectivity index (χ3v) is 3.92. The van der Waals surface area contributed by atoms with E-state index in [9.17, 15) is 4.79 Å². The number of carbonyl (C=O) groups is 1. The third kappa shape index (κ3) is 2.23. The van der Waals surface area contributed by atoms with Gasteiger partial charge >= 0.3 is 5.97 Å². The Kier molecular flexibility index (Phi) is 3.22. The van der Waals surface area contributed by atoms with Gasteiger partial charge in [-0.25, -0.2) is 0 Å². The fourth-order valence-electron chi connectivity index (χ4n) is 2.31. The number of hydrogen-bond acceptors (Lipinski definition) is 4. The molecule has 1 aliphatic heterocycles. The summed E-state index contributed by atoms with van der Waals surface area (Å²) < 4.78 is 10.4. The molecule has 1 heterocycles. The molecule has 0 aromatic rings. The van der Waals surface area contributed by atoms with E-state index >= 15 is 0 Å². The molecule has 92 valence electrons. The molecule has 3 unspecified atom stereocenters. The summed E-state index contributed by atoms with van der Waals surface area (Å²) >= 11 is 0. The molecule has 4 heteroatoms. The van der Waals surface area contributed by atoms with Crippen LogP contribution < -0.4 is 5.32 Å². The highest BCUT2D eigenvalue weighted by molar-refractivity contribution is 5.76. The predicted octanol–water partition coefficient (Wildman–Crippen LogP) is 1.10. The van der Waals surface area contributed by atoms with Crippen molar-refractivity contribution in [3.63, 3.8) is 0 Å². The normalized spacial score (nSPS) is 36.1. The van der Waals surface area contributed by atoms with Gasteiger partial charge in [0.1, 0.15) is 6.04 Å². The van der Waals surface area contributed by atoms with Crippen LogP contribution in [0, 0.1) is 5.92 Å². The number of ether oxygens (including phenoxy) is 2. The van der Waals surface area contributed by atoms with Gasteiger partial charge in [0, 0.05) is 12.1 Å². The van der Waals surface area contributed by atoms with Crippen LogP contribution in [0.4, 0.5) is 0 Å². The number of hydrogen-bond donors (Lipinski definition) is 1. The van der Waals surface area contributed by atoms with Crippen LogP contribution in [-0.2, 0) is 14.3 Å². The summed E-state index contributed by atoms with van der Waals surface area (Å²) in [6, 6.07) is -0.154. The summed E-state index contributed by atoms with van der Waals surface area (Å²) in [6.07, 6.45) is 3.35. The van der Waals surface area contributed by atoms with E-state index in [1.807, 2.05) is 0 Å². The molecule has 1 aliphatic carbocycles. The number of rotatable bonds is 4. The predicted molar refractivity (Wildman–Crippen MR) is 60.1 cm³/mol. The van der Waals surface area contributed by atoms with E-state index in [4.69, 9.17) is 9.47 Å². The molecule has 2 fully saturated rings. The van der Waals surface area contributed by atoms with Crippen LogP contribution in [-0.4, -0.2) is 37.4 Å². The summed E-state index contributed by atoms with van der Waals surface area (Å²) in [7, 11) is 1.45. The second-order valence-corrected chi connectivity index (χ2v) is 5.16. The van der Waals surface area contributed by atoms with Gasteiger partial charge in [0.05, 0.1) is 13.2 Å². The van der Waals surface area contributed by atoms with Gasteiger partial charge in [-0.05, 0) is 39.0 Å². The molecular weight excluding hydrogens is 206 g/mol. The largest absolute Gasteiger partial charge is 0.468 e. The lowest BCUT2D eigenvalue weighted by molar-refractivity contribution is -0.144. The van der Waals surface area contributed by atoms with E-state index < -0.39 is 0 Å².